The van der Waals surface area contributed by atoms with Crippen LogP contribution < -0.4 is 11.1 Å². The number of nitrogens with zero attached hydrogens (tertiary/aromatic N) is 2. The fourth-order valence-corrected chi connectivity index (χ4v) is 4.07. The fourth-order valence-electron chi connectivity index (χ4n) is 3.08. The van der Waals surface area contributed by atoms with Crippen LogP contribution in [0.15, 0.2) is 24.3 Å². The summed E-state index contributed by atoms with van der Waals surface area (Å²) in [5.74, 6) is -2.08. The van der Waals surface area contributed by atoms with Gasteiger partial charge in [0.2, 0.25) is 0 Å². The highest BCUT2D eigenvalue weighted by molar-refractivity contribution is 7.21. The smallest absolute Gasteiger partial charge is 0.268 e. The van der Waals surface area contributed by atoms with Gasteiger partial charge >= 0.3 is 0 Å². The third kappa shape index (κ3) is 2.91. The van der Waals surface area contributed by atoms with E-state index in [4.69, 9.17) is 5.73 Å². The Balaban J connectivity index is 1.70. The van der Waals surface area contributed by atoms with E-state index in [9.17, 15) is 13.6 Å². The molecule has 0 spiro atoms. The van der Waals surface area contributed by atoms with Gasteiger partial charge in [0.1, 0.15) is 21.3 Å². The summed E-state index contributed by atoms with van der Waals surface area (Å²) < 4.78 is 26.8. The monoisotopic (exact) mass is 374 g/mol. The summed E-state index contributed by atoms with van der Waals surface area (Å²) in [6, 6.07) is 4.96. The van der Waals surface area contributed by atoms with Gasteiger partial charge in [-0.2, -0.15) is 0 Å². The molecule has 2 aromatic heterocycles. The highest BCUT2D eigenvalue weighted by Gasteiger charge is 2.22. The van der Waals surface area contributed by atoms with Crippen molar-refractivity contribution in [3.63, 3.8) is 0 Å². The van der Waals surface area contributed by atoms with Crippen LogP contribution >= 0.6 is 11.3 Å². The molecule has 0 atom stereocenters. The number of halogens is 2. The number of hydrogen-bond donors (Lipinski definition) is 2. The van der Waals surface area contributed by atoms with Crippen LogP contribution in [0.5, 0.6) is 0 Å². The minimum Gasteiger partial charge on any atom is -0.397 e. The molecule has 8 heteroatoms. The van der Waals surface area contributed by atoms with Gasteiger partial charge in [-0.25, -0.2) is 13.8 Å². The molecule has 3 heterocycles. The SMILES string of the molecule is CN1CCc2nc3sc(C(=O)Nc4ccc(F)cc4F)c(N)c3cc2C1. The van der Waals surface area contributed by atoms with E-state index in [0.717, 1.165) is 48.3 Å². The van der Waals surface area contributed by atoms with E-state index in [1.54, 1.807) is 0 Å². The first-order valence-corrected chi connectivity index (χ1v) is 8.89. The summed E-state index contributed by atoms with van der Waals surface area (Å²) in [7, 11) is 2.04. The molecule has 3 N–H and O–H groups in total. The van der Waals surface area contributed by atoms with Crippen LogP contribution in [0.2, 0.25) is 0 Å². The first-order chi connectivity index (χ1) is 12.4. The summed E-state index contributed by atoms with van der Waals surface area (Å²) in [4.78, 5) is 20.4. The second-order valence-electron chi connectivity index (χ2n) is 6.36. The van der Waals surface area contributed by atoms with Crippen LogP contribution in [0.1, 0.15) is 20.9 Å². The Hall–Kier alpha value is -2.58. The number of hydrogen-bond acceptors (Lipinski definition) is 5. The van der Waals surface area contributed by atoms with E-state index in [1.165, 1.54) is 17.4 Å². The number of anilines is 2. The molecule has 4 rings (SSSR count). The molecular formula is C18H16F2N4OS. The number of amides is 1. The van der Waals surface area contributed by atoms with E-state index in [1.807, 2.05) is 13.1 Å². The molecule has 1 amide bonds. The molecule has 0 saturated heterocycles. The molecule has 0 radical (unpaired) electrons. The number of pyridine rings is 1. The topological polar surface area (TPSA) is 71.2 Å². The number of nitrogens with two attached hydrogens (primary N) is 1. The molecule has 0 saturated carbocycles. The molecule has 134 valence electrons. The largest absolute Gasteiger partial charge is 0.397 e. The van der Waals surface area contributed by atoms with Gasteiger partial charge in [0.25, 0.3) is 5.91 Å². The lowest BCUT2D eigenvalue weighted by Crippen LogP contribution is -2.27. The van der Waals surface area contributed by atoms with Crippen LogP contribution in [0, 0.1) is 11.6 Å². The second kappa shape index (κ2) is 6.30. The highest BCUT2D eigenvalue weighted by atomic mass is 32.1. The minimum atomic E-state index is -0.838. The van der Waals surface area contributed by atoms with Crippen LogP contribution in [-0.2, 0) is 13.0 Å². The van der Waals surface area contributed by atoms with E-state index in [2.05, 4.69) is 15.2 Å². The normalized spacial score (nSPS) is 14.4. The van der Waals surface area contributed by atoms with Gasteiger partial charge in [0, 0.05) is 36.7 Å². The van der Waals surface area contributed by atoms with Crippen molar-refractivity contribution in [3.05, 3.63) is 52.0 Å². The van der Waals surface area contributed by atoms with Crippen molar-refractivity contribution in [1.82, 2.24) is 9.88 Å². The van der Waals surface area contributed by atoms with E-state index in [0.29, 0.717) is 10.5 Å². The quantitative estimate of drug-likeness (QED) is 0.721. The Morgan fingerprint density at radius 1 is 1.35 bits per heavy atom. The van der Waals surface area contributed by atoms with E-state index >= 15 is 0 Å². The van der Waals surface area contributed by atoms with Gasteiger partial charge in [-0.3, -0.25) is 4.79 Å². The summed E-state index contributed by atoms with van der Waals surface area (Å²) in [5.41, 5.74) is 8.52. The summed E-state index contributed by atoms with van der Waals surface area (Å²) in [5, 5.41) is 3.18. The molecule has 1 aliphatic heterocycles. The maximum atomic E-state index is 13.8. The average molecular weight is 374 g/mol. The summed E-state index contributed by atoms with van der Waals surface area (Å²) in [6.45, 7) is 1.72. The lowest BCUT2D eigenvalue weighted by Gasteiger charge is -2.24. The van der Waals surface area contributed by atoms with Crippen molar-refractivity contribution < 1.29 is 13.6 Å². The molecule has 0 aliphatic carbocycles. The zero-order valence-electron chi connectivity index (χ0n) is 14.0. The Kier molecular flexibility index (Phi) is 4.08. The number of rotatable bonds is 2. The Morgan fingerprint density at radius 2 is 2.15 bits per heavy atom. The molecule has 5 nitrogen and oxygen atoms in total. The van der Waals surface area contributed by atoms with Crippen molar-refractivity contribution in [2.24, 2.45) is 0 Å². The lowest BCUT2D eigenvalue weighted by atomic mass is 10.0. The highest BCUT2D eigenvalue weighted by Crippen LogP contribution is 2.35. The second-order valence-corrected chi connectivity index (χ2v) is 7.36. The van der Waals surface area contributed by atoms with Gasteiger partial charge in [-0.05, 0) is 30.8 Å². The molecule has 1 aromatic carbocycles. The molecule has 26 heavy (non-hydrogen) atoms. The molecule has 1 aliphatic rings. The molecule has 0 bridgehead atoms. The van der Waals surface area contributed by atoms with Crippen molar-refractivity contribution in [3.8, 4) is 0 Å². The number of aromatic nitrogens is 1. The lowest BCUT2D eigenvalue weighted by molar-refractivity contribution is 0.103. The Bertz CT molecular complexity index is 1030. The van der Waals surface area contributed by atoms with E-state index < -0.39 is 17.5 Å². The predicted molar refractivity (Wildman–Crippen MR) is 98.4 cm³/mol. The average Bonchev–Trinajstić information content (AvgIpc) is 2.92. The zero-order valence-corrected chi connectivity index (χ0v) is 14.8. The number of nitrogens with one attached hydrogen (secondary N) is 1. The van der Waals surface area contributed by atoms with E-state index in [-0.39, 0.29) is 10.6 Å². The van der Waals surface area contributed by atoms with Crippen LogP contribution in [-0.4, -0.2) is 29.4 Å². The zero-order chi connectivity index (χ0) is 18.4. The number of carbonyl (C=O) groups is 1. The number of thiophene rings is 1. The first kappa shape index (κ1) is 16.9. The number of fused-ring (bicyclic) bond motifs is 2. The van der Waals surface area contributed by atoms with Crippen molar-refractivity contribution >= 4 is 38.8 Å². The Labute approximate surface area is 152 Å². The van der Waals surface area contributed by atoms with Crippen molar-refractivity contribution in [1.29, 1.82) is 0 Å². The van der Waals surface area contributed by atoms with Gasteiger partial charge < -0.3 is 16.0 Å². The minimum absolute atomic E-state index is 0.0952. The van der Waals surface area contributed by atoms with Gasteiger partial charge in [-0.1, -0.05) is 0 Å². The number of carbonyl (C=O) groups excluding carboxylic acids is 1. The van der Waals surface area contributed by atoms with Gasteiger partial charge in [0.05, 0.1) is 11.4 Å². The molecule has 3 aromatic rings. The molecular weight excluding hydrogens is 358 g/mol. The summed E-state index contributed by atoms with van der Waals surface area (Å²) in [6.07, 6.45) is 0.849. The van der Waals surface area contributed by atoms with Crippen LogP contribution in [0.3, 0.4) is 0 Å². The van der Waals surface area contributed by atoms with Gasteiger partial charge in [-0.15, -0.1) is 11.3 Å². The molecule has 0 fully saturated rings. The maximum absolute atomic E-state index is 13.8. The standard InChI is InChI=1S/C18H16F2N4OS/c1-24-5-4-13-9(8-24)6-11-15(21)16(26-18(11)23-13)17(25)22-14-3-2-10(19)7-12(14)20/h2-3,6-7H,4-5,8,21H2,1H3,(H,22,25). The van der Waals surface area contributed by atoms with Crippen LogP contribution in [0.25, 0.3) is 10.2 Å². The van der Waals surface area contributed by atoms with Crippen molar-refractivity contribution in [2.75, 3.05) is 24.6 Å². The van der Waals surface area contributed by atoms with Crippen molar-refractivity contribution in [2.45, 2.75) is 13.0 Å². The molecule has 0 unspecified atom stereocenters. The first-order valence-electron chi connectivity index (χ1n) is 8.08. The predicted octanol–water partition coefficient (Wildman–Crippen LogP) is 3.40. The fraction of sp³-hybridized carbons (Fsp3) is 0.222. The summed E-state index contributed by atoms with van der Waals surface area (Å²) >= 11 is 1.18. The number of benzene rings is 1. The van der Waals surface area contributed by atoms with Crippen LogP contribution in [0.4, 0.5) is 20.2 Å². The number of likely N-dealkylation sites (N-methyl/N-ethyl adjacent to an activating group) is 1. The third-order valence-corrected chi connectivity index (χ3v) is 5.56. The third-order valence-electron chi connectivity index (χ3n) is 4.45. The Morgan fingerprint density at radius 3 is 2.92 bits per heavy atom. The van der Waals surface area contributed by atoms with Gasteiger partial charge in [0.15, 0.2) is 0 Å². The maximum Gasteiger partial charge on any atom is 0.268 e. The number of nitrogen functional groups attached to an aromatic ring is 1.